The Morgan fingerprint density at radius 1 is 0.861 bits per heavy atom. The topological polar surface area (TPSA) is 252 Å². The Labute approximate surface area is 205 Å². The fraction of sp³-hybridized carbons (Fsp3) is 0.684. The largest absolute Gasteiger partial charge is 0.470 e. The molecule has 6 atom stereocenters. The van der Waals surface area contributed by atoms with Crippen LogP contribution in [0.2, 0.25) is 0 Å². The number of imide groups is 1. The van der Waals surface area contributed by atoms with Gasteiger partial charge in [0.05, 0.1) is 0 Å². The second-order valence-corrected chi connectivity index (χ2v) is 9.33. The fourth-order valence-corrected chi connectivity index (χ4v) is 4.13. The van der Waals surface area contributed by atoms with Gasteiger partial charge in [0.15, 0.2) is 6.10 Å². The van der Waals surface area contributed by atoms with Gasteiger partial charge in [-0.2, -0.15) is 0 Å². The number of hydrogen-bond donors (Lipinski definition) is 8. The van der Waals surface area contributed by atoms with Crippen molar-refractivity contribution < 1.29 is 63.2 Å². The van der Waals surface area contributed by atoms with Gasteiger partial charge in [-0.15, -0.1) is 0 Å². The molecule has 4 amide bonds. The minimum atomic E-state index is -5.19. The summed E-state index contributed by atoms with van der Waals surface area (Å²) < 4.78 is 20.2. The Morgan fingerprint density at radius 3 is 2.00 bits per heavy atom. The number of unbranched alkanes of at least 4 members (excludes halogenated alkanes) is 2. The second-order valence-electron chi connectivity index (χ2n) is 8.14. The van der Waals surface area contributed by atoms with E-state index in [0.717, 1.165) is 17.1 Å². The molecule has 0 saturated heterocycles. The average Bonchev–Trinajstić information content (AvgIpc) is 3.12. The van der Waals surface area contributed by atoms with Crippen molar-refractivity contribution in [2.24, 2.45) is 0 Å². The first-order valence-corrected chi connectivity index (χ1v) is 12.6. The molecule has 1 saturated carbocycles. The van der Waals surface area contributed by atoms with Gasteiger partial charge in [-0.05, 0) is 19.3 Å². The van der Waals surface area contributed by atoms with Crippen LogP contribution in [0.25, 0.3) is 0 Å². The molecule has 0 unspecified atom stereocenters. The smallest absolute Gasteiger partial charge is 0.440 e. The van der Waals surface area contributed by atoms with Crippen molar-refractivity contribution in [3.8, 4) is 0 Å². The minimum absolute atomic E-state index is 0.0188. The van der Waals surface area contributed by atoms with Crippen LogP contribution in [-0.2, 0) is 28.2 Å². The van der Waals surface area contributed by atoms with Crippen molar-refractivity contribution in [2.45, 2.75) is 62.3 Å². The zero-order valence-corrected chi connectivity index (χ0v) is 19.9. The van der Waals surface area contributed by atoms with E-state index >= 15 is 0 Å². The SMILES string of the molecule is O=C(CCN1C(=O)C=CC1=O)NCCCCCNC(=O)O[C@@H]1[C@H](O)[C@H](OP(=O)(O)O)[C@@H](O)[C@H](O)[C@H]1O. The molecule has 36 heavy (non-hydrogen) atoms. The number of carbonyl (C=O) groups excluding carboxylic acids is 4. The van der Waals surface area contributed by atoms with Crippen molar-refractivity contribution in [2.75, 3.05) is 19.6 Å². The highest BCUT2D eigenvalue weighted by Crippen LogP contribution is 2.41. The molecule has 1 aliphatic carbocycles. The van der Waals surface area contributed by atoms with E-state index in [1.165, 1.54) is 0 Å². The van der Waals surface area contributed by atoms with Gasteiger partial charge in [0.25, 0.3) is 11.8 Å². The maximum atomic E-state index is 12.0. The van der Waals surface area contributed by atoms with Crippen molar-refractivity contribution in [3.63, 3.8) is 0 Å². The minimum Gasteiger partial charge on any atom is -0.440 e. The number of rotatable bonds is 12. The maximum Gasteiger partial charge on any atom is 0.470 e. The molecule has 0 aromatic carbocycles. The monoisotopic (exact) mass is 539 g/mol. The average molecular weight is 539 g/mol. The fourth-order valence-electron chi connectivity index (χ4n) is 3.57. The molecule has 8 N–H and O–H groups in total. The Hall–Kier alpha value is -2.43. The Balaban J connectivity index is 1.63. The zero-order valence-electron chi connectivity index (χ0n) is 19.0. The lowest BCUT2D eigenvalue weighted by atomic mass is 9.85. The van der Waals surface area contributed by atoms with E-state index in [1.807, 2.05) is 0 Å². The summed E-state index contributed by atoms with van der Waals surface area (Å²) >= 11 is 0. The van der Waals surface area contributed by atoms with E-state index in [-0.39, 0.29) is 25.4 Å². The molecule has 2 rings (SSSR count). The second kappa shape index (κ2) is 13.2. The molecule has 17 heteroatoms. The van der Waals surface area contributed by atoms with Gasteiger partial charge in [0.1, 0.15) is 30.5 Å². The third-order valence-corrected chi connectivity index (χ3v) is 5.97. The molecular formula is C19H30N3O13P. The molecule has 0 aromatic heterocycles. The third-order valence-electron chi connectivity index (χ3n) is 5.46. The summed E-state index contributed by atoms with van der Waals surface area (Å²) in [6, 6.07) is 0. The lowest BCUT2D eigenvalue weighted by molar-refractivity contribution is -0.219. The lowest BCUT2D eigenvalue weighted by Gasteiger charge is -2.42. The van der Waals surface area contributed by atoms with Gasteiger partial charge >= 0.3 is 13.9 Å². The molecular weight excluding hydrogens is 509 g/mol. The number of phosphoric acid groups is 1. The van der Waals surface area contributed by atoms with Gasteiger partial charge in [-0.1, -0.05) is 0 Å². The summed E-state index contributed by atoms with van der Waals surface area (Å²) in [7, 11) is -5.19. The number of amides is 4. The summed E-state index contributed by atoms with van der Waals surface area (Å²) in [6.45, 7) is 0.408. The first-order valence-electron chi connectivity index (χ1n) is 11.0. The van der Waals surface area contributed by atoms with E-state index in [9.17, 15) is 44.2 Å². The molecule has 2 aliphatic rings. The highest BCUT2D eigenvalue weighted by molar-refractivity contribution is 7.46. The van der Waals surface area contributed by atoms with Crippen molar-refractivity contribution in [1.29, 1.82) is 0 Å². The van der Waals surface area contributed by atoms with E-state index in [2.05, 4.69) is 15.2 Å². The molecule has 204 valence electrons. The van der Waals surface area contributed by atoms with Crippen LogP contribution in [0.1, 0.15) is 25.7 Å². The van der Waals surface area contributed by atoms with Crippen molar-refractivity contribution in [3.05, 3.63) is 12.2 Å². The number of aliphatic hydroxyl groups excluding tert-OH is 4. The molecule has 1 heterocycles. The molecule has 16 nitrogen and oxygen atoms in total. The lowest BCUT2D eigenvalue weighted by Crippen LogP contribution is -2.65. The first-order chi connectivity index (χ1) is 16.8. The maximum absolute atomic E-state index is 12.0. The number of alkyl carbamates (subject to hydrolysis) is 1. The Bertz CT molecular complexity index is 876. The van der Waals surface area contributed by atoms with Gasteiger partial charge in [-0.3, -0.25) is 23.8 Å². The predicted molar refractivity (Wildman–Crippen MR) is 117 cm³/mol. The van der Waals surface area contributed by atoms with Gasteiger partial charge in [0.2, 0.25) is 5.91 Å². The molecule has 1 aliphatic heterocycles. The molecule has 1 fully saturated rings. The van der Waals surface area contributed by atoms with Gasteiger partial charge in [-0.25, -0.2) is 9.36 Å². The quantitative estimate of drug-likeness (QED) is 0.0685. The third kappa shape index (κ3) is 8.60. The molecule has 0 spiro atoms. The normalized spacial score (nSPS) is 28.3. The number of aliphatic hydroxyl groups is 4. The number of hydrogen-bond acceptors (Lipinski definition) is 11. The van der Waals surface area contributed by atoms with E-state index in [1.54, 1.807) is 0 Å². The van der Waals surface area contributed by atoms with Crippen molar-refractivity contribution >= 4 is 31.6 Å². The first kappa shape index (κ1) is 29.8. The van der Waals surface area contributed by atoms with Crippen LogP contribution in [-0.4, -0.2) is 115 Å². The number of ether oxygens (including phenoxy) is 1. The summed E-state index contributed by atoms with van der Waals surface area (Å²) in [4.78, 5) is 65.4. The number of nitrogens with one attached hydrogen (secondary N) is 2. The van der Waals surface area contributed by atoms with Crippen molar-refractivity contribution in [1.82, 2.24) is 15.5 Å². The highest BCUT2D eigenvalue weighted by atomic mass is 31.2. The molecule has 0 aromatic rings. The van der Waals surface area contributed by atoms with E-state index < -0.39 is 62.4 Å². The summed E-state index contributed by atoms with van der Waals surface area (Å²) in [5, 5.41) is 44.8. The summed E-state index contributed by atoms with van der Waals surface area (Å²) in [5.74, 6) is -1.26. The van der Waals surface area contributed by atoms with Crippen LogP contribution in [0.5, 0.6) is 0 Å². The predicted octanol–water partition coefficient (Wildman–Crippen LogP) is -3.38. The number of carbonyl (C=O) groups is 4. The van der Waals surface area contributed by atoms with Crippen LogP contribution < -0.4 is 10.6 Å². The highest BCUT2D eigenvalue weighted by Gasteiger charge is 2.53. The van der Waals surface area contributed by atoms with E-state index in [4.69, 9.17) is 14.5 Å². The van der Waals surface area contributed by atoms with Crippen LogP contribution in [0.4, 0.5) is 4.79 Å². The van der Waals surface area contributed by atoms with Crippen LogP contribution in [0.3, 0.4) is 0 Å². The van der Waals surface area contributed by atoms with Gasteiger partial charge in [0, 0.05) is 38.2 Å². The summed E-state index contributed by atoms with van der Waals surface area (Å²) in [6.07, 6.45) is -9.28. The number of phosphoric ester groups is 1. The molecule has 0 bridgehead atoms. The Kier molecular flexibility index (Phi) is 10.9. The van der Waals surface area contributed by atoms with Gasteiger partial charge < -0.3 is 45.6 Å². The van der Waals surface area contributed by atoms with E-state index in [0.29, 0.717) is 25.8 Å². The van der Waals surface area contributed by atoms with Crippen LogP contribution in [0.15, 0.2) is 12.2 Å². The standard InChI is InChI=1S/C19H30N3O13P/c23-10(6-9-22-11(24)4-5-12(22)25)20-7-2-1-3-8-21-19(30)34-17-14(27)13(26)15(28)18(16(17)29)35-36(31,32)33/h4-5,13-18,26-29H,1-3,6-9H2,(H,20,23)(H,21,30)(H2,31,32,33)/t13-,14-,15+,16+,17+,18-/m1/s1. The zero-order chi connectivity index (χ0) is 27.0. The number of nitrogens with zero attached hydrogens (tertiary/aromatic N) is 1. The Morgan fingerprint density at radius 2 is 1.42 bits per heavy atom. The van der Waals surface area contributed by atoms with Crippen LogP contribution >= 0.6 is 7.82 Å². The van der Waals surface area contributed by atoms with Crippen LogP contribution in [0, 0.1) is 0 Å². The molecule has 0 radical (unpaired) electrons. The summed E-state index contributed by atoms with van der Waals surface area (Å²) in [5.41, 5.74) is 0.